The third kappa shape index (κ3) is 8.16. The lowest BCUT2D eigenvalue weighted by atomic mass is 10.1. The summed E-state index contributed by atoms with van der Waals surface area (Å²) < 4.78 is 45.5. The van der Waals surface area contributed by atoms with E-state index in [2.05, 4.69) is 35.8 Å². The Hall–Kier alpha value is -1.08. The highest BCUT2D eigenvalue weighted by Crippen LogP contribution is 2.14. The molecule has 0 aromatic carbocycles. The van der Waals surface area contributed by atoms with Crippen LogP contribution in [0.4, 0.5) is 13.2 Å². The first-order valence-electron chi connectivity index (χ1n) is 6.49. The quantitative estimate of drug-likeness (QED) is 0.786. The fraction of sp³-hybridized carbons (Fsp3) is 0.769. The fourth-order valence-electron chi connectivity index (χ4n) is 1.48. The van der Waals surface area contributed by atoms with Gasteiger partial charge in [-0.2, -0.15) is 13.2 Å². The molecule has 0 unspecified atom stereocenters. The number of aromatic nitrogens is 1. The van der Waals surface area contributed by atoms with E-state index in [0.717, 1.165) is 6.54 Å². The van der Waals surface area contributed by atoms with Crippen LogP contribution in [0.15, 0.2) is 10.6 Å². The number of hydrogen-bond donors (Lipinski definition) is 1. The van der Waals surface area contributed by atoms with Crippen LogP contribution in [0.3, 0.4) is 0 Å². The second kappa shape index (κ2) is 7.08. The van der Waals surface area contributed by atoms with Gasteiger partial charge in [-0.1, -0.05) is 0 Å². The first-order chi connectivity index (χ1) is 9.16. The van der Waals surface area contributed by atoms with Crippen molar-refractivity contribution in [3.8, 4) is 0 Å². The normalized spacial score (nSPS) is 12.9. The second-order valence-corrected chi connectivity index (χ2v) is 5.56. The molecule has 1 heterocycles. The summed E-state index contributed by atoms with van der Waals surface area (Å²) >= 11 is 0. The van der Waals surface area contributed by atoms with E-state index in [4.69, 9.17) is 4.42 Å². The molecule has 1 N–H and O–H groups in total. The van der Waals surface area contributed by atoms with Gasteiger partial charge in [-0.05, 0) is 20.8 Å². The average Bonchev–Trinajstić information content (AvgIpc) is 2.69. The highest BCUT2D eigenvalue weighted by Gasteiger charge is 2.27. The molecule has 0 fully saturated rings. The molecule has 0 saturated carbocycles. The number of oxazole rings is 1. The molecule has 20 heavy (non-hydrogen) atoms. The Kier molecular flexibility index (Phi) is 6.01. The number of rotatable bonds is 7. The van der Waals surface area contributed by atoms with Gasteiger partial charge in [-0.3, -0.25) is 0 Å². The molecule has 0 aliphatic rings. The number of nitrogens with one attached hydrogen (secondary N) is 1. The largest absolute Gasteiger partial charge is 0.446 e. The Balaban J connectivity index is 2.22. The van der Waals surface area contributed by atoms with Gasteiger partial charge in [-0.15, -0.1) is 0 Å². The fourth-order valence-corrected chi connectivity index (χ4v) is 1.48. The predicted molar refractivity (Wildman–Crippen MR) is 68.5 cm³/mol. The summed E-state index contributed by atoms with van der Waals surface area (Å²) in [4.78, 5) is 4.08. The summed E-state index contributed by atoms with van der Waals surface area (Å²) in [7, 11) is 0. The van der Waals surface area contributed by atoms with E-state index in [1.165, 1.54) is 6.20 Å². The van der Waals surface area contributed by atoms with Crippen LogP contribution in [0, 0.1) is 0 Å². The van der Waals surface area contributed by atoms with Gasteiger partial charge >= 0.3 is 6.18 Å². The number of ether oxygens (including phenoxy) is 1. The highest BCUT2D eigenvalue weighted by atomic mass is 19.4. The number of alkyl halides is 3. The van der Waals surface area contributed by atoms with Crippen molar-refractivity contribution in [2.24, 2.45) is 0 Å². The zero-order valence-corrected chi connectivity index (χ0v) is 12.0. The van der Waals surface area contributed by atoms with E-state index < -0.39 is 12.8 Å². The van der Waals surface area contributed by atoms with Crippen molar-refractivity contribution >= 4 is 0 Å². The maximum Gasteiger partial charge on any atom is 0.411 e. The molecule has 7 heteroatoms. The Morgan fingerprint density at radius 1 is 1.25 bits per heavy atom. The number of hydrogen-bond acceptors (Lipinski definition) is 4. The van der Waals surface area contributed by atoms with Crippen LogP contribution < -0.4 is 5.32 Å². The Labute approximate surface area is 116 Å². The first kappa shape index (κ1) is 17.0. The van der Waals surface area contributed by atoms with Gasteiger partial charge in [0.15, 0.2) is 5.89 Å². The van der Waals surface area contributed by atoms with Crippen LogP contribution in [0.2, 0.25) is 0 Å². The van der Waals surface area contributed by atoms with E-state index >= 15 is 0 Å². The van der Waals surface area contributed by atoms with Gasteiger partial charge in [0, 0.05) is 24.9 Å². The van der Waals surface area contributed by atoms with Gasteiger partial charge in [-0.25, -0.2) is 4.98 Å². The van der Waals surface area contributed by atoms with Crippen molar-refractivity contribution in [1.29, 1.82) is 0 Å². The summed E-state index contributed by atoms with van der Waals surface area (Å²) in [6, 6.07) is 0. The second-order valence-electron chi connectivity index (χ2n) is 5.56. The average molecular weight is 294 g/mol. The van der Waals surface area contributed by atoms with E-state index in [-0.39, 0.29) is 18.6 Å². The maximum atomic E-state index is 11.9. The van der Waals surface area contributed by atoms with Crippen molar-refractivity contribution < 1.29 is 22.3 Å². The summed E-state index contributed by atoms with van der Waals surface area (Å²) in [5.74, 6) is 1.12. The summed E-state index contributed by atoms with van der Waals surface area (Å²) in [6.45, 7) is 5.65. The van der Waals surface area contributed by atoms with Crippen molar-refractivity contribution in [3.05, 3.63) is 17.8 Å². The zero-order valence-electron chi connectivity index (χ0n) is 12.0. The topological polar surface area (TPSA) is 47.3 Å². The molecule has 0 aliphatic carbocycles. The first-order valence-corrected chi connectivity index (χ1v) is 6.49. The molecule has 1 aromatic rings. The number of nitrogens with zero attached hydrogens (tertiary/aromatic N) is 1. The van der Waals surface area contributed by atoms with Crippen LogP contribution in [-0.4, -0.2) is 36.5 Å². The molecule has 0 spiro atoms. The van der Waals surface area contributed by atoms with Crippen molar-refractivity contribution in [2.75, 3.05) is 19.8 Å². The molecule has 4 nitrogen and oxygen atoms in total. The molecular formula is C13H21F3N2O2. The van der Waals surface area contributed by atoms with Gasteiger partial charge in [0.05, 0.1) is 12.8 Å². The highest BCUT2D eigenvalue weighted by molar-refractivity contribution is 4.95. The summed E-state index contributed by atoms with van der Waals surface area (Å²) in [6.07, 6.45) is -1.83. The molecule has 0 radical (unpaired) electrons. The van der Waals surface area contributed by atoms with Crippen LogP contribution in [0.5, 0.6) is 0 Å². The Bertz CT molecular complexity index is 397. The van der Waals surface area contributed by atoms with E-state index in [9.17, 15) is 13.2 Å². The van der Waals surface area contributed by atoms with Crippen LogP contribution in [0.1, 0.15) is 32.4 Å². The Morgan fingerprint density at radius 2 is 1.95 bits per heavy atom. The minimum atomic E-state index is -4.29. The lowest BCUT2D eigenvalue weighted by Gasteiger charge is -2.19. The summed E-state index contributed by atoms with van der Waals surface area (Å²) in [5.41, 5.74) is 0.0286. The summed E-state index contributed by atoms with van der Waals surface area (Å²) in [5, 5.41) is 3.30. The zero-order chi connectivity index (χ0) is 15.2. The molecule has 1 rings (SSSR count). The maximum absolute atomic E-state index is 11.9. The SMILES string of the molecule is CC(C)(C)NCCc1ncc(CCOCC(F)(F)F)o1. The number of halogens is 3. The molecule has 0 aliphatic heterocycles. The molecule has 116 valence electrons. The Morgan fingerprint density at radius 3 is 2.55 bits per heavy atom. The van der Waals surface area contributed by atoms with Gasteiger partial charge < -0.3 is 14.5 Å². The van der Waals surface area contributed by atoms with Gasteiger partial charge in [0.25, 0.3) is 0 Å². The van der Waals surface area contributed by atoms with Crippen molar-refractivity contribution in [2.45, 2.75) is 45.3 Å². The minimum absolute atomic E-state index is 0.0286. The molecule has 0 bridgehead atoms. The van der Waals surface area contributed by atoms with Crippen LogP contribution in [0.25, 0.3) is 0 Å². The monoisotopic (exact) mass is 294 g/mol. The minimum Gasteiger partial charge on any atom is -0.446 e. The van der Waals surface area contributed by atoms with Crippen molar-refractivity contribution in [1.82, 2.24) is 10.3 Å². The molecule has 0 atom stereocenters. The van der Waals surface area contributed by atoms with E-state index in [1.54, 1.807) is 0 Å². The predicted octanol–water partition coefficient (Wildman–Crippen LogP) is 2.73. The van der Waals surface area contributed by atoms with Crippen LogP contribution in [-0.2, 0) is 17.6 Å². The smallest absolute Gasteiger partial charge is 0.411 e. The molecule has 1 aromatic heterocycles. The molecular weight excluding hydrogens is 273 g/mol. The van der Waals surface area contributed by atoms with Gasteiger partial charge in [0.2, 0.25) is 0 Å². The van der Waals surface area contributed by atoms with E-state index in [1.807, 2.05) is 0 Å². The third-order valence-corrected chi connectivity index (χ3v) is 2.35. The van der Waals surface area contributed by atoms with E-state index in [0.29, 0.717) is 18.1 Å². The lowest BCUT2D eigenvalue weighted by Crippen LogP contribution is -2.37. The molecule has 0 amide bonds. The van der Waals surface area contributed by atoms with Crippen LogP contribution >= 0.6 is 0 Å². The molecule has 0 saturated heterocycles. The standard InChI is InChI=1S/C13H21F3N2O2/c1-12(2,3)18-6-4-11-17-8-10(20-11)5-7-19-9-13(14,15)16/h8,18H,4-7,9H2,1-3H3. The third-order valence-electron chi connectivity index (χ3n) is 2.35. The van der Waals surface area contributed by atoms with Gasteiger partial charge in [0.1, 0.15) is 12.4 Å². The van der Waals surface area contributed by atoms with Crippen molar-refractivity contribution in [3.63, 3.8) is 0 Å². The lowest BCUT2D eigenvalue weighted by molar-refractivity contribution is -0.173.